The molecule has 1 rings (SSSR count). The Kier molecular flexibility index (Phi) is 2.76. The van der Waals surface area contributed by atoms with Crippen molar-refractivity contribution in [3.05, 3.63) is 35.1 Å². The zero-order chi connectivity index (χ0) is 9.14. The van der Waals surface area contributed by atoms with Crippen LogP contribution in [0.15, 0.2) is 18.2 Å². The van der Waals surface area contributed by atoms with E-state index in [-0.39, 0.29) is 5.56 Å². The minimum Gasteiger partial charge on any atom is -0.322 e. The van der Waals surface area contributed by atoms with E-state index in [1.165, 1.54) is 12.1 Å². The largest absolute Gasteiger partial charge is 0.322 e. The van der Waals surface area contributed by atoms with Crippen molar-refractivity contribution >= 4 is 0 Å². The highest BCUT2D eigenvalue weighted by Gasteiger charge is 2.10. The molecule has 0 aromatic heterocycles. The fourth-order valence-corrected chi connectivity index (χ4v) is 1.02. The van der Waals surface area contributed by atoms with Crippen molar-refractivity contribution < 1.29 is 8.78 Å². The Balaban J connectivity index is 3.01. The van der Waals surface area contributed by atoms with Gasteiger partial charge in [-0.25, -0.2) is 8.78 Å². The van der Waals surface area contributed by atoms with Crippen LogP contribution in [0.3, 0.4) is 0 Å². The quantitative estimate of drug-likeness (QED) is 0.724. The molecular formula is C9H11F2N. The first-order valence-electron chi connectivity index (χ1n) is 3.72. The average Bonchev–Trinajstić information content (AvgIpc) is 2.03. The van der Waals surface area contributed by atoms with Crippen molar-refractivity contribution in [2.45, 2.75) is 13.0 Å². The minimum absolute atomic E-state index is 0.239. The Morgan fingerprint density at radius 2 is 2.17 bits per heavy atom. The third-order valence-corrected chi connectivity index (χ3v) is 1.72. The maximum atomic E-state index is 13.0. The summed E-state index contributed by atoms with van der Waals surface area (Å²) in [5, 5.41) is 0. The molecule has 0 spiro atoms. The number of nitrogens with two attached hydrogens (primary N) is 1. The Morgan fingerprint density at radius 1 is 1.50 bits per heavy atom. The van der Waals surface area contributed by atoms with Crippen LogP contribution in [-0.2, 0) is 0 Å². The fraction of sp³-hybridized carbons (Fsp3) is 0.333. The molecule has 3 heteroatoms. The van der Waals surface area contributed by atoms with Crippen molar-refractivity contribution in [1.82, 2.24) is 0 Å². The first-order chi connectivity index (χ1) is 5.65. The molecule has 0 fully saturated rings. The first-order valence-corrected chi connectivity index (χ1v) is 3.72. The minimum atomic E-state index is -0.842. The van der Waals surface area contributed by atoms with Crippen LogP contribution in [0.4, 0.5) is 8.78 Å². The molecular weight excluding hydrogens is 160 g/mol. The molecule has 1 atom stereocenters. The highest BCUT2D eigenvalue weighted by atomic mass is 19.1. The third kappa shape index (κ3) is 1.80. The maximum absolute atomic E-state index is 13.0. The maximum Gasteiger partial charge on any atom is 0.128 e. The normalized spacial score (nSPS) is 13.0. The summed E-state index contributed by atoms with van der Waals surface area (Å²) in [5.41, 5.74) is 6.38. The van der Waals surface area contributed by atoms with E-state index in [0.717, 1.165) is 5.56 Å². The average molecular weight is 171 g/mol. The van der Waals surface area contributed by atoms with Crippen LogP contribution in [0, 0.1) is 12.7 Å². The summed E-state index contributed by atoms with van der Waals surface area (Å²) in [6, 6.07) is 3.75. The number of benzene rings is 1. The molecule has 1 aromatic carbocycles. The SMILES string of the molecule is Cc1ccc([C@H](N)CF)c(F)c1. The second-order valence-corrected chi connectivity index (χ2v) is 2.79. The second-order valence-electron chi connectivity index (χ2n) is 2.79. The van der Waals surface area contributed by atoms with Gasteiger partial charge in [0.05, 0.1) is 6.04 Å². The van der Waals surface area contributed by atoms with Gasteiger partial charge in [-0.3, -0.25) is 0 Å². The van der Waals surface area contributed by atoms with Crippen molar-refractivity contribution in [1.29, 1.82) is 0 Å². The molecule has 0 aliphatic carbocycles. The molecule has 0 saturated heterocycles. The smallest absolute Gasteiger partial charge is 0.128 e. The highest BCUT2D eigenvalue weighted by molar-refractivity contribution is 5.25. The highest BCUT2D eigenvalue weighted by Crippen LogP contribution is 2.16. The molecule has 1 aromatic rings. The molecule has 0 aliphatic heterocycles. The van der Waals surface area contributed by atoms with Crippen molar-refractivity contribution in [3.63, 3.8) is 0 Å². The molecule has 1 nitrogen and oxygen atoms in total. The van der Waals surface area contributed by atoms with Crippen LogP contribution in [0.5, 0.6) is 0 Å². The summed E-state index contributed by atoms with van der Waals surface area (Å²) in [5.74, 6) is -0.430. The van der Waals surface area contributed by atoms with Crippen LogP contribution in [0.25, 0.3) is 0 Å². The molecule has 0 aliphatic rings. The van der Waals surface area contributed by atoms with Crippen molar-refractivity contribution in [2.24, 2.45) is 5.73 Å². The lowest BCUT2D eigenvalue weighted by Gasteiger charge is -2.08. The van der Waals surface area contributed by atoms with E-state index in [9.17, 15) is 8.78 Å². The molecule has 0 amide bonds. The van der Waals surface area contributed by atoms with E-state index in [1.807, 2.05) is 0 Å². The number of alkyl halides is 1. The number of rotatable bonds is 2. The van der Waals surface area contributed by atoms with E-state index in [2.05, 4.69) is 0 Å². The predicted molar refractivity (Wildman–Crippen MR) is 44.0 cm³/mol. The molecule has 12 heavy (non-hydrogen) atoms. The molecule has 0 unspecified atom stereocenters. The summed E-state index contributed by atoms with van der Waals surface area (Å²) >= 11 is 0. The van der Waals surface area contributed by atoms with Crippen LogP contribution in [-0.4, -0.2) is 6.67 Å². The van der Waals surface area contributed by atoms with Gasteiger partial charge in [-0.1, -0.05) is 12.1 Å². The summed E-state index contributed by atoms with van der Waals surface area (Å²) in [6.07, 6.45) is 0. The van der Waals surface area contributed by atoms with Crippen LogP contribution < -0.4 is 5.73 Å². The number of halogens is 2. The lowest BCUT2D eigenvalue weighted by molar-refractivity contribution is 0.426. The Bertz CT molecular complexity index is 273. The molecule has 0 bridgehead atoms. The standard InChI is InChI=1S/C9H11F2N/c1-6-2-3-7(8(11)4-6)9(12)5-10/h2-4,9H,5,12H2,1H3/t9-/m1/s1. The molecule has 0 radical (unpaired) electrons. The summed E-state index contributed by atoms with van der Waals surface area (Å²) < 4.78 is 25.1. The Hall–Kier alpha value is -0.960. The fourth-order valence-electron chi connectivity index (χ4n) is 1.02. The van der Waals surface area contributed by atoms with E-state index in [1.54, 1.807) is 13.0 Å². The number of aryl methyl sites for hydroxylation is 1. The summed E-state index contributed by atoms with van der Waals surface area (Å²) in [4.78, 5) is 0. The van der Waals surface area contributed by atoms with E-state index in [4.69, 9.17) is 5.73 Å². The topological polar surface area (TPSA) is 26.0 Å². The summed E-state index contributed by atoms with van der Waals surface area (Å²) in [6.45, 7) is 1.04. The van der Waals surface area contributed by atoms with Gasteiger partial charge in [0.25, 0.3) is 0 Å². The van der Waals surface area contributed by atoms with Crippen LogP contribution in [0.1, 0.15) is 17.2 Å². The second kappa shape index (κ2) is 3.63. The van der Waals surface area contributed by atoms with Crippen LogP contribution in [0.2, 0.25) is 0 Å². The first kappa shape index (κ1) is 9.13. The van der Waals surface area contributed by atoms with E-state index >= 15 is 0 Å². The van der Waals surface area contributed by atoms with Gasteiger partial charge in [-0.15, -0.1) is 0 Å². The van der Waals surface area contributed by atoms with Gasteiger partial charge in [0.2, 0.25) is 0 Å². The monoisotopic (exact) mass is 171 g/mol. The van der Waals surface area contributed by atoms with Gasteiger partial charge in [0.15, 0.2) is 0 Å². The number of hydrogen-bond acceptors (Lipinski definition) is 1. The molecule has 2 N–H and O–H groups in total. The van der Waals surface area contributed by atoms with Crippen molar-refractivity contribution in [2.75, 3.05) is 6.67 Å². The Labute approximate surface area is 70.2 Å². The molecule has 0 heterocycles. The number of hydrogen-bond donors (Lipinski definition) is 1. The van der Waals surface area contributed by atoms with E-state index in [0.29, 0.717) is 0 Å². The predicted octanol–water partition coefficient (Wildman–Crippen LogP) is 2.10. The van der Waals surface area contributed by atoms with Crippen molar-refractivity contribution in [3.8, 4) is 0 Å². The van der Waals surface area contributed by atoms with Crippen LogP contribution >= 0.6 is 0 Å². The van der Waals surface area contributed by atoms with E-state index < -0.39 is 18.5 Å². The molecule has 0 saturated carbocycles. The van der Waals surface area contributed by atoms with Gasteiger partial charge in [0.1, 0.15) is 12.5 Å². The summed E-state index contributed by atoms with van der Waals surface area (Å²) in [7, 11) is 0. The lowest BCUT2D eigenvalue weighted by Crippen LogP contribution is -2.13. The Morgan fingerprint density at radius 3 is 2.67 bits per heavy atom. The van der Waals surface area contributed by atoms with Gasteiger partial charge in [-0.2, -0.15) is 0 Å². The molecule has 66 valence electrons. The zero-order valence-corrected chi connectivity index (χ0v) is 6.85. The van der Waals surface area contributed by atoms with Gasteiger partial charge in [-0.05, 0) is 18.6 Å². The van der Waals surface area contributed by atoms with Gasteiger partial charge in [0, 0.05) is 5.56 Å². The lowest BCUT2D eigenvalue weighted by atomic mass is 10.1. The third-order valence-electron chi connectivity index (χ3n) is 1.72. The zero-order valence-electron chi connectivity index (χ0n) is 6.85. The van der Waals surface area contributed by atoms with Gasteiger partial charge < -0.3 is 5.73 Å². The van der Waals surface area contributed by atoms with Gasteiger partial charge >= 0.3 is 0 Å².